The first-order chi connectivity index (χ1) is 25.3. The van der Waals surface area contributed by atoms with Crippen LogP contribution < -0.4 is 5.32 Å². The number of pyridine rings is 1. The summed E-state index contributed by atoms with van der Waals surface area (Å²) in [5, 5.41) is 14.4. The summed E-state index contributed by atoms with van der Waals surface area (Å²) in [6, 6.07) is 11.0. The molecule has 7 rings (SSSR count). The number of fused-ring (bicyclic) bond motifs is 4. The predicted octanol–water partition coefficient (Wildman–Crippen LogP) is 11.1. The Labute approximate surface area is 327 Å². The number of allylic oxidation sites excluding steroid dienone is 1. The van der Waals surface area contributed by atoms with Crippen molar-refractivity contribution >= 4 is 70.8 Å². The maximum Gasteiger partial charge on any atom is 0.410 e. The van der Waals surface area contributed by atoms with Gasteiger partial charge in [-0.05, 0) is 82.8 Å². The topological polar surface area (TPSA) is 109 Å². The molecule has 0 spiro atoms. The molecule has 286 valence electrons. The second-order valence-electron chi connectivity index (χ2n) is 16.8. The van der Waals surface area contributed by atoms with E-state index in [1.807, 2.05) is 46.8 Å². The molecule has 4 heterocycles. The molecule has 3 fully saturated rings. The van der Waals surface area contributed by atoms with Crippen molar-refractivity contribution in [2.24, 2.45) is 5.92 Å². The molecule has 0 radical (unpaired) electrons. The number of carbonyl (C=O) groups is 2. The Morgan fingerprint density at radius 1 is 1.20 bits per heavy atom. The lowest BCUT2D eigenvalue weighted by Gasteiger charge is -2.40. The SMILES string of the molecule is C=C(C)c1nc2c(F)c(-c3cccc(Cl)c3Cl)c(CCC#N)cc2c2c1cc([C@@H](C)NC(=O)OCC[Si](C)(C)C)n2[C@H]1[C@@H]2C[C@H]1N(C(=O)OC(C)(C)C)C2. The standard InChI is InChI=1S/C41H48Cl2FN5O4Si/c1-22(2)35-28-20-30(23(3)46-39(50)52-16-17-54(7,8)9)49(37-25-19-31(37)48(21-25)40(51)53-41(4,5)6)38(28)27-18-24(12-11-15-45)32(34(44)36(27)47-35)26-13-10-14-29(42)33(26)43/h10,13-14,18,20,23,25,31,37H,1,11-12,16-17,19,21H2,2-9H3,(H,46,50)/t23-,25-,31-,37+/m1/s1. The number of alkyl carbamates (subject to hydrolysis) is 1. The van der Waals surface area contributed by atoms with Gasteiger partial charge in [-0.1, -0.05) is 61.6 Å². The minimum atomic E-state index is -1.43. The van der Waals surface area contributed by atoms with Crippen LogP contribution in [-0.4, -0.2) is 59.5 Å². The summed E-state index contributed by atoms with van der Waals surface area (Å²) >= 11 is 13.1. The molecule has 9 nitrogen and oxygen atoms in total. The van der Waals surface area contributed by atoms with Gasteiger partial charge in [0.1, 0.15) is 11.1 Å². The van der Waals surface area contributed by atoms with Gasteiger partial charge in [0, 0.05) is 54.6 Å². The van der Waals surface area contributed by atoms with Crippen molar-refractivity contribution in [3.05, 3.63) is 69.7 Å². The van der Waals surface area contributed by atoms with Crippen molar-refractivity contribution in [3.63, 3.8) is 0 Å². The smallest absolute Gasteiger partial charge is 0.410 e. The molecule has 54 heavy (non-hydrogen) atoms. The van der Waals surface area contributed by atoms with Gasteiger partial charge in [-0.15, -0.1) is 0 Å². The van der Waals surface area contributed by atoms with Gasteiger partial charge in [-0.3, -0.25) is 0 Å². The molecule has 2 amide bonds. The first-order valence-electron chi connectivity index (χ1n) is 18.4. The number of ether oxygens (including phenoxy) is 2. The van der Waals surface area contributed by atoms with Crippen molar-refractivity contribution in [2.75, 3.05) is 13.2 Å². The van der Waals surface area contributed by atoms with Crippen LogP contribution in [0.3, 0.4) is 0 Å². The summed E-state index contributed by atoms with van der Waals surface area (Å²) in [7, 11) is -1.43. The first kappa shape index (κ1) is 39.6. The van der Waals surface area contributed by atoms with E-state index in [9.17, 15) is 14.9 Å². The lowest BCUT2D eigenvalue weighted by atomic mass is 9.79. The fourth-order valence-electron chi connectivity index (χ4n) is 7.76. The van der Waals surface area contributed by atoms with Gasteiger partial charge in [0.25, 0.3) is 0 Å². The third-order valence-electron chi connectivity index (χ3n) is 10.3. The Bertz CT molecular complexity index is 2220. The maximum atomic E-state index is 17.4. The average molecular weight is 793 g/mol. The fourth-order valence-corrected chi connectivity index (χ4v) is 8.86. The summed E-state index contributed by atoms with van der Waals surface area (Å²) in [4.78, 5) is 33.4. The molecule has 2 aromatic carbocycles. The fraction of sp³-hybridized carbons (Fsp3) is 0.463. The van der Waals surface area contributed by atoms with E-state index in [0.29, 0.717) is 46.4 Å². The number of rotatable bonds is 10. The van der Waals surface area contributed by atoms with E-state index in [2.05, 4.69) is 42.2 Å². The van der Waals surface area contributed by atoms with Crippen molar-refractivity contribution in [3.8, 4) is 17.2 Å². The largest absolute Gasteiger partial charge is 0.450 e. The van der Waals surface area contributed by atoms with E-state index in [1.165, 1.54) is 0 Å². The quantitative estimate of drug-likeness (QED) is 0.160. The summed E-state index contributed by atoms with van der Waals surface area (Å²) in [6.45, 7) is 21.0. The van der Waals surface area contributed by atoms with E-state index in [0.717, 1.165) is 23.5 Å². The zero-order chi connectivity index (χ0) is 39.4. The Hall–Kier alpha value is -4.11. The monoisotopic (exact) mass is 791 g/mol. The minimum absolute atomic E-state index is 0.0803. The van der Waals surface area contributed by atoms with Crippen molar-refractivity contribution in [1.82, 2.24) is 19.8 Å². The van der Waals surface area contributed by atoms with Gasteiger partial charge in [-0.25, -0.2) is 19.0 Å². The van der Waals surface area contributed by atoms with E-state index in [4.69, 9.17) is 37.7 Å². The van der Waals surface area contributed by atoms with Crippen LogP contribution in [0.25, 0.3) is 38.5 Å². The highest BCUT2D eigenvalue weighted by Crippen LogP contribution is 2.53. The molecular formula is C41H48Cl2FN5O4Si. The van der Waals surface area contributed by atoms with E-state index in [-0.39, 0.29) is 58.1 Å². The van der Waals surface area contributed by atoms with Crippen LogP contribution >= 0.6 is 23.2 Å². The number of amides is 2. The summed E-state index contributed by atoms with van der Waals surface area (Å²) in [5.41, 5.74) is 3.26. The number of aryl methyl sites for hydroxylation is 1. The summed E-state index contributed by atoms with van der Waals surface area (Å²) in [6.07, 6.45) is 0.261. The molecule has 1 aliphatic carbocycles. The highest BCUT2D eigenvalue weighted by molar-refractivity contribution is 6.76. The van der Waals surface area contributed by atoms with Crippen molar-refractivity contribution in [2.45, 2.75) is 103 Å². The summed E-state index contributed by atoms with van der Waals surface area (Å²) < 4.78 is 31.0. The van der Waals surface area contributed by atoms with E-state index < -0.39 is 31.6 Å². The molecule has 4 atom stereocenters. The molecule has 2 bridgehead atoms. The highest BCUT2D eigenvalue weighted by Gasteiger charge is 2.56. The minimum Gasteiger partial charge on any atom is -0.450 e. The van der Waals surface area contributed by atoms with Crippen LogP contribution in [0.1, 0.15) is 76.5 Å². The second-order valence-corrected chi connectivity index (χ2v) is 23.2. The normalized spacial score (nSPS) is 18.7. The van der Waals surface area contributed by atoms with Gasteiger partial charge in [0.15, 0.2) is 5.82 Å². The average Bonchev–Trinajstić information content (AvgIpc) is 3.77. The van der Waals surface area contributed by atoms with E-state index >= 15 is 4.39 Å². The molecule has 3 aliphatic rings. The molecule has 13 heteroatoms. The van der Waals surface area contributed by atoms with Crippen LogP contribution in [0.5, 0.6) is 0 Å². The van der Waals surface area contributed by atoms with Crippen LogP contribution in [0.4, 0.5) is 14.0 Å². The van der Waals surface area contributed by atoms with Gasteiger partial charge in [-0.2, -0.15) is 5.26 Å². The molecule has 1 saturated carbocycles. The second kappa shape index (κ2) is 14.8. The number of nitrogens with zero attached hydrogens (tertiary/aromatic N) is 4. The van der Waals surface area contributed by atoms with Gasteiger partial charge < -0.3 is 24.3 Å². The van der Waals surface area contributed by atoms with Crippen molar-refractivity contribution in [1.29, 1.82) is 5.26 Å². The first-order valence-corrected chi connectivity index (χ1v) is 22.9. The lowest BCUT2D eigenvalue weighted by molar-refractivity contribution is 0.0209. The zero-order valence-corrected chi connectivity index (χ0v) is 34.7. The summed E-state index contributed by atoms with van der Waals surface area (Å²) in [5.74, 6) is -0.510. The van der Waals surface area contributed by atoms with Crippen LogP contribution in [0.2, 0.25) is 35.7 Å². The number of nitrogens with one attached hydrogen (secondary N) is 1. The molecule has 4 aromatic rings. The number of halogens is 3. The predicted molar refractivity (Wildman–Crippen MR) is 216 cm³/mol. The third kappa shape index (κ3) is 7.58. The molecule has 2 aromatic heterocycles. The number of hydrogen-bond acceptors (Lipinski definition) is 6. The van der Waals surface area contributed by atoms with Gasteiger partial charge in [0.05, 0.1) is 52.1 Å². The Balaban J connectivity index is 1.59. The number of hydrogen-bond donors (Lipinski definition) is 1. The van der Waals surface area contributed by atoms with Crippen molar-refractivity contribution < 1.29 is 23.5 Å². The number of nitriles is 1. The van der Waals surface area contributed by atoms with Crippen LogP contribution in [0.15, 0.2) is 36.9 Å². The zero-order valence-electron chi connectivity index (χ0n) is 32.2. The van der Waals surface area contributed by atoms with Gasteiger partial charge in [0.2, 0.25) is 0 Å². The Kier molecular flexibility index (Phi) is 10.9. The third-order valence-corrected chi connectivity index (χ3v) is 12.8. The molecule has 2 saturated heterocycles. The molecule has 1 N–H and O–H groups in total. The Morgan fingerprint density at radius 3 is 2.57 bits per heavy atom. The van der Waals surface area contributed by atoms with Crippen LogP contribution in [-0.2, 0) is 15.9 Å². The molecular weight excluding hydrogens is 744 g/mol. The number of benzene rings is 2. The Morgan fingerprint density at radius 2 is 1.93 bits per heavy atom. The number of carbonyl (C=O) groups excluding carboxylic acids is 2. The maximum absolute atomic E-state index is 17.4. The lowest BCUT2D eigenvalue weighted by Crippen LogP contribution is -2.45. The molecule has 0 unspecified atom stereocenters. The number of aromatic nitrogens is 2. The van der Waals surface area contributed by atoms with E-state index in [1.54, 1.807) is 23.1 Å². The van der Waals surface area contributed by atoms with Crippen LogP contribution in [0, 0.1) is 23.1 Å². The highest BCUT2D eigenvalue weighted by atomic mass is 35.5. The molecule has 2 aliphatic heterocycles. The van der Waals surface area contributed by atoms with Gasteiger partial charge >= 0.3 is 12.2 Å².